The number of nitrogens with zero attached hydrogens (tertiary/aromatic N) is 3. The molecule has 164 valence electrons. The van der Waals surface area contributed by atoms with Crippen LogP contribution in [-0.4, -0.2) is 26.3 Å². The molecule has 5 aromatic rings. The summed E-state index contributed by atoms with van der Waals surface area (Å²) in [5, 5.41) is 17.2. The van der Waals surface area contributed by atoms with Gasteiger partial charge < -0.3 is 10.6 Å². The van der Waals surface area contributed by atoms with E-state index in [1.54, 1.807) is 0 Å². The number of halogens is 1. The topological polar surface area (TPSA) is 71.3 Å². The van der Waals surface area contributed by atoms with Gasteiger partial charge in [-0.25, -0.2) is 0 Å². The van der Waals surface area contributed by atoms with Crippen LogP contribution in [0.25, 0.3) is 16.6 Å². The van der Waals surface area contributed by atoms with E-state index in [9.17, 15) is 4.79 Å². The highest BCUT2D eigenvalue weighted by molar-refractivity contribution is 7.99. The maximum absolute atomic E-state index is 12.6. The maximum atomic E-state index is 12.6. The van der Waals surface area contributed by atoms with E-state index in [1.165, 1.54) is 11.8 Å². The summed E-state index contributed by atoms with van der Waals surface area (Å²) in [6.07, 6.45) is 0. The van der Waals surface area contributed by atoms with Gasteiger partial charge in [-0.1, -0.05) is 41.6 Å². The first-order valence-corrected chi connectivity index (χ1v) is 11.7. The number of aromatic nitrogens is 3. The lowest BCUT2D eigenvalue weighted by Crippen LogP contribution is -2.14. The molecular weight excluding hydrogens is 454 g/mol. The molecule has 6 nitrogen and oxygen atoms in total. The van der Waals surface area contributed by atoms with E-state index >= 15 is 0 Å². The van der Waals surface area contributed by atoms with Gasteiger partial charge in [-0.15, -0.1) is 10.2 Å². The van der Waals surface area contributed by atoms with Crippen LogP contribution in [0.1, 0.15) is 5.56 Å². The fourth-order valence-electron chi connectivity index (χ4n) is 3.64. The molecule has 0 atom stereocenters. The Morgan fingerprint density at radius 1 is 0.939 bits per heavy atom. The monoisotopic (exact) mass is 473 g/mol. The largest absolute Gasteiger partial charge is 0.356 e. The fraction of sp³-hybridized carbons (Fsp3) is 0.0800. The Hall–Kier alpha value is -3.55. The maximum Gasteiger partial charge on any atom is 0.234 e. The molecule has 0 aliphatic heterocycles. The van der Waals surface area contributed by atoms with Crippen LogP contribution in [0.3, 0.4) is 0 Å². The van der Waals surface area contributed by atoms with Crippen molar-refractivity contribution in [1.29, 1.82) is 0 Å². The molecule has 2 N–H and O–H groups in total. The van der Waals surface area contributed by atoms with E-state index in [1.807, 2.05) is 90.2 Å². The molecule has 0 radical (unpaired) electrons. The molecule has 0 aliphatic rings. The van der Waals surface area contributed by atoms with Crippen molar-refractivity contribution >= 4 is 62.9 Å². The van der Waals surface area contributed by atoms with Crippen LogP contribution >= 0.6 is 23.4 Å². The standard InChI is InChI=1S/C25H20ClN5OS/c1-16-13-23-29-30-25(31(23)22-12-7-17(26)14-21(16)22)33-15-24(32)28-20-10-8-19(9-11-20)27-18-5-3-2-4-6-18/h2-14,27H,15H2,1H3,(H,28,32). The van der Waals surface area contributed by atoms with Gasteiger partial charge in [-0.05, 0) is 73.2 Å². The van der Waals surface area contributed by atoms with E-state index in [0.29, 0.717) is 10.2 Å². The number of anilines is 3. The molecule has 33 heavy (non-hydrogen) atoms. The Morgan fingerprint density at radius 3 is 2.45 bits per heavy atom. The zero-order valence-electron chi connectivity index (χ0n) is 17.7. The van der Waals surface area contributed by atoms with Crippen molar-refractivity contribution < 1.29 is 4.79 Å². The molecule has 5 rings (SSSR count). The van der Waals surface area contributed by atoms with Crippen molar-refractivity contribution in [3.05, 3.63) is 89.4 Å². The predicted molar refractivity (Wildman–Crippen MR) is 136 cm³/mol. The number of nitrogens with one attached hydrogen (secondary N) is 2. The highest BCUT2D eigenvalue weighted by atomic mass is 35.5. The van der Waals surface area contributed by atoms with Crippen molar-refractivity contribution in [2.75, 3.05) is 16.4 Å². The van der Waals surface area contributed by atoms with Gasteiger partial charge in [0.15, 0.2) is 10.8 Å². The first-order chi connectivity index (χ1) is 16.1. The second-order valence-corrected chi connectivity index (χ2v) is 8.95. The molecular formula is C25H20ClN5OS. The number of thioether (sulfide) groups is 1. The molecule has 0 aliphatic carbocycles. The van der Waals surface area contributed by atoms with Gasteiger partial charge in [0.2, 0.25) is 5.91 Å². The molecule has 0 fully saturated rings. The normalized spacial score (nSPS) is 11.1. The highest BCUT2D eigenvalue weighted by Crippen LogP contribution is 2.28. The smallest absolute Gasteiger partial charge is 0.234 e. The molecule has 0 saturated heterocycles. The van der Waals surface area contributed by atoms with Crippen molar-refractivity contribution in [1.82, 2.24) is 14.6 Å². The summed E-state index contributed by atoms with van der Waals surface area (Å²) in [5.41, 5.74) is 5.48. The van der Waals surface area contributed by atoms with Crippen LogP contribution in [0.5, 0.6) is 0 Å². The molecule has 3 aromatic carbocycles. The van der Waals surface area contributed by atoms with E-state index in [2.05, 4.69) is 20.8 Å². The summed E-state index contributed by atoms with van der Waals surface area (Å²) in [7, 11) is 0. The number of aryl methyl sites for hydroxylation is 1. The molecule has 1 amide bonds. The van der Waals surface area contributed by atoms with E-state index < -0.39 is 0 Å². The average molecular weight is 474 g/mol. The Labute approximate surface area is 200 Å². The minimum atomic E-state index is -0.111. The molecule has 2 heterocycles. The lowest BCUT2D eigenvalue weighted by Gasteiger charge is -2.09. The van der Waals surface area contributed by atoms with Gasteiger partial charge in [-0.3, -0.25) is 9.20 Å². The summed E-state index contributed by atoms with van der Waals surface area (Å²) in [6.45, 7) is 2.02. The van der Waals surface area contributed by atoms with Gasteiger partial charge in [0, 0.05) is 27.5 Å². The number of rotatable bonds is 6. The summed E-state index contributed by atoms with van der Waals surface area (Å²) in [4.78, 5) is 12.6. The summed E-state index contributed by atoms with van der Waals surface area (Å²) in [6, 6.07) is 25.3. The fourth-order valence-corrected chi connectivity index (χ4v) is 4.56. The number of hydrogen-bond donors (Lipinski definition) is 2. The number of carbonyl (C=O) groups excluding carboxylic acids is 1. The summed E-state index contributed by atoms with van der Waals surface area (Å²) >= 11 is 7.53. The Kier molecular flexibility index (Phi) is 5.90. The number of amides is 1. The third-order valence-electron chi connectivity index (χ3n) is 5.19. The van der Waals surface area contributed by atoms with E-state index in [4.69, 9.17) is 11.6 Å². The van der Waals surface area contributed by atoms with E-state index in [0.717, 1.165) is 39.2 Å². The molecule has 0 spiro atoms. The highest BCUT2D eigenvalue weighted by Gasteiger charge is 2.14. The average Bonchev–Trinajstić information content (AvgIpc) is 3.22. The second kappa shape index (κ2) is 9.13. The number of para-hydroxylation sites is 1. The van der Waals surface area contributed by atoms with Crippen LogP contribution in [0.15, 0.2) is 84.0 Å². The summed E-state index contributed by atoms with van der Waals surface area (Å²) in [5.74, 6) is 0.105. The second-order valence-electron chi connectivity index (χ2n) is 7.57. The van der Waals surface area contributed by atoms with Crippen LogP contribution in [-0.2, 0) is 4.79 Å². The Bertz CT molecular complexity index is 1450. The van der Waals surface area contributed by atoms with Crippen LogP contribution in [0.4, 0.5) is 17.1 Å². The number of hydrogen-bond acceptors (Lipinski definition) is 5. The van der Waals surface area contributed by atoms with Gasteiger partial charge in [0.05, 0.1) is 11.3 Å². The molecule has 0 saturated carbocycles. The SMILES string of the molecule is Cc1cc2nnc(SCC(=O)Nc3ccc(Nc4ccccc4)cc3)n2c2ccc(Cl)cc12. The Balaban J connectivity index is 1.27. The number of carbonyl (C=O) groups is 1. The third kappa shape index (κ3) is 4.65. The molecule has 0 bridgehead atoms. The summed E-state index contributed by atoms with van der Waals surface area (Å²) < 4.78 is 1.96. The van der Waals surface area contributed by atoms with E-state index in [-0.39, 0.29) is 11.7 Å². The van der Waals surface area contributed by atoms with Gasteiger partial charge in [0.25, 0.3) is 0 Å². The first kappa shape index (κ1) is 21.3. The minimum absolute atomic E-state index is 0.111. The lowest BCUT2D eigenvalue weighted by molar-refractivity contribution is -0.113. The number of pyridine rings is 1. The van der Waals surface area contributed by atoms with Crippen molar-refractivity contribution in [2.24, 2.45) is 0 Å². The van der Waals surface area contributed by atoms with Crippen molar-refractivity contribution in [3.63, 3.8) is 0 Å². The minimum Gasteiger partial charge on any atom is -0.356 e. The van der Waals surface area contributed by atoms with Crippen LogP contribution < -0.4 is 10.6 Å². The van der Waals surface area contributed by atoms with Gasteiger partial charge >= 0.3 is 0 Å². The van der Waals surface area contributed by atoms with Crippen LogP contribution in [0.2, 0.25) is 5.02 Å². The molecule has 2 aromatic heterocycles. The van der Waals surface area contributed by atoms with Crippen LogP contribution in [0, 0.1) is 6.92 Å². The van der Waals surface area contributed by atoms with Gasteiger partial charge in [-0.2, -0.15) is 0 Å². The third-order valence-corrected chi connectivity index (χ3v) is 6.36. The lowest BCUT2D eigenvalue weighted by atomic mass is 10.1. The first-order valence-electron chi connectivity index (χ1n) is 10.4. The zero-order valence-corrected chi connectivity index (χ0v) is 19.3. The molecule has 0 unspecified atom stereocenters. The number of benzene rings is 3. The van der Waals surface area contributed by atoms with Crippen molar-refractivity contribution in [2.45, 2.75) is 12.1 Å². The zero-order chi connectivity index (χ0) is 22.8. The Morgan fingerprint density at radius 2 is 1.67 bits per heavy atom. The predicted octanol–water partition coefficient (Wildman–Crippen LogP) is 6.32. The molecule has 8 heteroatoms. The van der Waals surface area contributed by atoms with Crippen molar-refractivity contribution in [3.8, 4) is 0 Å². The number of fused-ring (bicyclic) bond motifs is 3. The quantitative estimate of drug-likeness (QED) is 0.282. The van der Waals surface area contributed by atoms with Gasteiger partial charge in [0.1, 0.15) is 0 Å².